The van der Waals surface area contributed by atoms with E-state index < -0.39 is 0 Å². The summed E-state index contributed by atoms with van der Waals surface area (Å²) in [6.45, 7) is 3.47. The van der Waals surface area contributed by atoms with Gasteiger partial charge in [-0.3, -0.25) is 0 Å². The third kappa shape index (κ3) is 2.29. The van der Waals surface area contributed by atoms with Gasteiger partial charge in [-0.05, 0) is 31.2 Å². The van der Waals surface area contributed by atoms with Crippen molar-refractivity contribution in [3.05, 3.63) is 54.4 Å². The van der Waals surface area contributed by atoms with E-state index >= 15 is 0 Å². The molecule has 1 aliphatic rings. The van der Waals surface area contributed by atoms with Crippen molar-refractivity contribution in [1.82, 2.24) is 9.55 Å². The fourth-order valence-electron chi connectivity index (χ4n) is 2.82. The van der Waals surface area contributed by atoms with Crippen LogP contribution in [0.1, 0.15) is 18.9 Å². The molecule has 0 radical (unpaired) electrons. The quantitative estimate of drug-likeness (QED) is 0.717. The third-order valence-electron chi connectivity index (χ3n) is 3.80. The molecule has 0 bridgehead atoms. The maximum absolute atomic E-state index is 6.08. The Hall–Kier alpha value is -2.20. The Balaban J connectivity index is 0.00000144. The molecule has 2 aromatic carbocycles. The Morgan fingerprint density at radius 2 is 1.82 bits per heavy atom. The number of fused-ring (bicyclic) bond motifs is 2. The van der Waals surface area contributed by atoms with Crippen LogP contribution >= 0.6 is 12.4 Å². The van der Waals surface area contributed by atoms with E-state index in [1.165, 1.54) is 0 Å². The predicted octanol–water partition coefficient (Wildman–Crippen LogP) is 3.99. The fraction of sp³-hybridized carbons (Fsp3) is 0.235. The van der Waals surface area contributed by atoms with Crippen LogP contribution in [-0.2, 0) is 6.54 Å². The van der Waals surface area contributed by atoms with Gasteiger partial charge in [0, 0.05) is 6.54 Å². The zero-order valence-corrected chi connectivity index (χ0v) is 13.0. The van der Waals surface area contributed by atoms with E-state index in [-0.39, 0.29) is 18.5 Å². The number of halogens is 1. The molecule has 1 aromatic heterocycles. The van der Waals surface area contributed by atoms with Gasteiger partial charge in [-0.15, -0.1) is 12.4 Å². The lowest BCUT2D eigenvalue weighted by Crippen LogP contribution is -2.24. The van der Waals surface area contributed by atoms with Crippen LogP contribution in [0.25, 0.3) is 11.0 Å². The molecular formula is C17H17ClN2O2. The van der Waals surface area contributed by atoms with Crippen LogP contribution in [0.2, 0.25) is 0 Å². The van der Waals surface area contributed by atoms with E-state index in [9.17, 15) is 0 Å². The van der Waals surface area contributed by atoms with Gasteiger partial charge in [0.05, 0.1) is 11.0 Å². The first-order chi connectivity index (χ1) is 10.4. The van der Waals surface area contributed by atoms with Gasteiger partial charge < -0.3 is 14.0 Å². The van der Waals surface area contributed by atoms with E-state index in [4.69, 9.17) is 14.5 Å². The Kier molecular flexibility index (Phi) is 3.94. The summed E-state index contributed by atoms with van der Waals surface area (Å²) in [5.74, 6) is 2.50. The lowest BCUT2D eigenvalue weighted by atomic mass is 10.2. The molecule has 5 heteroatoms. The summed E-state index contributed by atoms with van der Waals surface area (Å²) in [5.41, 5.74) is 2.13. The SMILES string of the molecule is CCn1c(C2COc3ccccc3O2)nc2ccccc21.Cl. The van der Waals surface area contributed by atoms with Crippen molar-refractivity contribution >= 4 is 23.4 Å². The summed E-state index contributed by atoms with van der Waals surface area (Å²) < 4.78 is 14.1. The number of rotatable bonds is 2. The number of aromatic nitrogens is 2. The summed E-state index contributed by atoms with van der Waals surface area (Å²) in [6, 6.07) is 15.9. The topological polar surface area (TPSA) is 36.3 Å². The molecule has 1 atom stereocenters. The molecule has 0 N–H and O–H groups in total. The number of imidazole rings is 1. The highest BCUT2D eigenvalue weighted by molar-refractivity contribution is 5.85. The van der Waals surface area contributed by atoms with E-state index in [0.717, 1.165) is 34.9 Å². The predicted molar refractivity (Wildman–Crippen MR) is 88.0 cm³/mol. The Bertz CT molecular complexity index is 800. The fourth-order valence-corrected chi connectivity index (χ4v) is 2.82. The van der Waals surface area contributed by atoms with Crippen LogP contribution in [0.4, 0.5) is 0 Å². The first-order valence-corrected chi connectivity index (χ1v) is 7.20. The standard InChI is InChI=1S/C17H16N2O2.ClH/c1-2-19-13-8-4-3-7-12(13)18-17(19)16-11-20-14-9-5-6-10-15(14)21-16;/h3-10,16H,2,11H2,1H3;1H. The molecule has 3 aromatic rings. The summed E-state index contributed by atoms with van der Waals surface area (Å²) in [7, 11) is 0. The van der Waals surface area contributed by atoms with Crippen LogP contribution in [0.3, 0.4) is 0 Å². The van der Waals surface area contributed by atoms with Gasteiger partial charge >= 0.3 is 0 Å². The summed E-state index contributed by atoms with van der Waals surface area (Å²) >= 11 is 0. The van der Waals surface area contributed by atoms with Gasteiger partial charge in [0.2, 0.25) is 0 Å². The van der Waals surface area contributed by atoms with E-state index in [1.807, 2.05) is 42.5 Å². The molecule has 0 spiro atoms. The van der Waals surface area contributed by atoms with E-state index in [2.05, 4.69) is 17.6 Å². The van der Waals surface area contributed by atoms with Gasteiger partial charge in [-0.2, -0.15) is 0 Å². The van der Waals surface area contributed by atoms with Gasteiger partial charge in [0.15, 0.2) is 23.4 Å². The molecule has 0 fully saturated rings. The van der Waals surface area contributed by atoms with Crippen LogP contribution in [0, 0.1) is 0 Å². The molecule has 0 saturated heterocycles. The molecule has 22 heavy (non-hydrogen) atoms. The van der Waals surface area contributed by atoms with E-state index in [0.29, 0.717) is 6.61 Å². The van der Waals surface area contributed by atoms with Gasteiger partial charge in [0.1, 0.15) is 6.61 Å². The zero-order chi connectivity index (χ0) is 14.2. The monoisotopic (exact) mass is 316 g/mol. The second kappa shape index (κ2) is 5.89. The van der Waals surface area contributed by atoms with Crippen LogP contribution < -0.4 is 9.47 Å². The van der Waals surface area contributed by atoms with Crippen molar-refractivity contribution in [3.8, 4) is 11.5 Å². The smallest absolute Gasteiger partial charge is 0.190 e. The summed E-state index contributed by atoms with van der Waals surface area (Å²) in [6.07, 6.45) is -0.174. The zero-order valence-electron chi connectivity index (χ0n) is 12.2. The van der Waals surface area contributed by atoms with Crippen molar-refractivity contribution < 1.29 is 9.47 Å². The maximum atomic E-state index is 6.08. The number of hydrogen-bond acceptors (Lipinski definition) is 3. The molecule has 4 nitrogen and oxygen atoms in total. The van der Waals surface area contributed by atoms with Crippen LogP contribution in [0.5, 0.6) is 11.5 Å². The molecule has 0 amide bonds. The highest BCUT2D eigenvalue weighted by atomic mass is 35.5. The second-order valence-corrected chi connectivity index (χ2v) is 5.07. The Morgan fingerprint density at radius 3 is 2.64 bits per heavy atom. The largest absolute Gasteiger partial charge is 0.485 e. The minimum Gasteiger partial charge on any atom is -0.485 e. The molecule has 0 aliphatic carbocycles. The van der Waals surface area contributed by atoms with Crippen LogP contribution in [-0.4, -0.2) is 16.2 Å². The van der Waals surface area contributed by atoms with Gasteiger partial charge in [-0.1, -0.05) is 24.3 Å². The minimum atomic E-state index is -0.174. The average molecular weight is 317 g/mol. The van der Waals surface area contributed by atoms with Crippen molar-refractivity contribution in [3.63, 3.8) is 0 Å². The van der Waals surface area contributed by atoms with Gasteiger partial charge in [-0.25, -0.2) is 4.98 Å². The molecule has 4 rings (SSSR count). The summed E-state index contributed by atoms with van der Waals surface area (Å²) in [5, 5.41) is 0. The van der Waals surface area contributed by atoms with E-state index in [1.54, 1.807) is 0 Å². The second-order valence-electron chi connectivity index (χ2n) is 5.07. The number of ether oxygens (including phenoxy) is 2. The van der Waals surface area contributed by atoms with Crippen LogP contribution in [0.15, 0.2) is 48.5 Å². The minimum absolute atomic E-state index is 0. The average Bonchev–Trinajstić information content (AvgIpc) is 2.93. The molecular weight excluding hydrogens is 300 g/mol. The highest BCUT2D eigenvalue weighted by Gasteiger charge is 2.27. The molecule has 114 valence electrons. The number of nitrogens with zero attached hydrogens (tertiary/aromatic N) is 2. The van der Waals surface area contributed by atoms with Crippen molar-refractivity contribution in [2.24, 2.45) is 0 Å². The number of hydrogen-bond donors (Lipinski definition) is 0. The third-order valence-corrected chi connectivity index (χ3v) is 3.80. The molecule has 2 heterocycles. The Labute approximate surface area is 135 Å². The first-order valence-electron chi connectivity index (χ1n) is 7.20. The number of para-hydroxylation sites is 4. The molecule has 1 aliphatic heterocycles. The summed E-state index contributed by atoms with van der Waals surface area (Å²) in [4.78, 5) is 4.74. The lowest BCUT2D eigenvalue weighted by Gasteiger charge is -2.26. The van der Waals surface area contributed by atoms with Crippen molar-refractivity contribution in [1.29, 1.82) is 0 Å². The van der Waals surface area contributed by atoms with Crippen molar-refractivity contribution in [2.45, 2.75) is 19.6 Å². The maximum Gasteiger partial charge on any atom is 0.190 e. The van der Waals surface area contributed by atoms with Gasteiger partial charge in [0.25, 0.3) is 0 Å². The number of aryl methyl sites for hydroxylation is 1. The normalized spacial score (nSPS) is 16.3. The highest BCUT2D eigenvalue weighted by Crippen LogP contribution is 2.36. The molecule has 1 unspecified atom stereocenters. The number of benzene rings is 2. The molecule has 0 saturated carbocycles. The van der Waals surface area contributed by atoms with Crippen molar-refractivity contribution in [2.75, 3.05) is 6.61 Å². The lowest BCUT2D eigenvalue weighted by molar-refractivity contribution is 0.0829. The first kappa shape index (κ1) is 14.7. The Morgan fingerprint density at radius 1 is 1.09 bits per heavy atom.